The van der Waals surface area contributed by atoms with Gasteiger partial charge in [-0.05, 0) is 49.3 Å². The van der Waals surface area contributed by atoms with Gasteiger partial charge in [-0.3, -0.25) is 0 Å². The van der Waals surface area contributed by atoms with E-state index in [0.29, 0.717) is 0 Å². The molecule has 0 saturated heterocycles. The Morgan fingerprint density at radius 1 is 0.941 bits per heavy atom. The first-order valence-electron chi connectivity index (χ1n) is 6.83. The molecule has 0 radical (unpaired) electrons. The molecule has 2 heteroatoms. The van der Waals surface area contributed by atoms with Crippen LogP contribution in [0.1, 0.15) is 50.0 Å². The minimum atomic E-state index is 0.784. The van der Waals surface area contributed by atoms with Crippen LogP contribution < -0.4 is 5.32 Å². The lowest BCUT2D eigenvalue weighted by atomic mass is 9.75. The molecule has 0 amide bonds. The molecule has 1 aromatic carbocycles. The van der Waals surface area contributed by atoms with Crippen molar-refractivity contribution in [2.75, 3.05) is 0 Å². The van der Waals surface area contributed by atoms with Crippen LogP contribution in [0.3, 0.4) is 0 Å². The van der Waals surface area contributed by atoms with E-state index in [9.17, 15) is 0 Å². The Morgan fingerprint density at radius 3 is 2.24 bits per heavy atom. The molecule has 2 aliphatic carbocycles. The lowest BCUT2D eigenvalue weighted by molar-refractivity contribution is 0.265. The second kappa shape index (κ2) is 5.11. The topological polar surface area (TPSA) is 12.0 Å². The fourth-order valence-corrected chi connectivity index (χ4v) is 3.45. The zero-order valence-corrected chi connectivity index (χ0v) is 11.7. The predicted molar refractivity (Wildman–Crippen MR) is 75.3 cm³/mol. The van der Waals surface area contributed by atoms with E-state index in [2.05, 4.69) is 45.5 Å². The fraction of sp³-hybridized carbons (Fsp3) is 0.600. The van der Waals surface area contributed by atoms with E-state index in [1.807, 2.05) is 0 Å². The summed E-state index contributed by atoms with van der Waals surface area (Å²) in [5.74, 6) is 0.794. The van der Waals surface area contributed by atoms with Crippen molar-refractivity contribution >= 4 is 15.9 Å². The quantitative estimate of drug-likeness (QED) is 0.879. The molecule has 92 valence electrons. The number of hydrogen-bond acceptors (Lipinski definition) is 1. The highest BCUT2D eigenvalue weighted by Crippen LogP contribution is 2.38. The average Bonchev–Trinajstić information content (AvgIpc) is 2.77. The van der Waals surface area contributed by atoms with Gasteiger partial charge < -0.3 is 5.32 Å². The van der Waals surface area contributed by atoms with Gasteiger partial charge in [0.2, 0.25) is 0 Å². The van der Waals surface area contributed by atoms with Crippen molar-refractivity contribution in [2.24, 2.45) is 0 Å². The molecule has 0 bridgehead atoms. The molecule has 1 nitrogen and oxygen atoms in total. The maximum atomic E-state index is 3.82. The van der Waals surface area contributed by atoms with Gasteiger partial charge in [-0.1, -0.05) is 40.9 Å². The molecule has 0 heterocycles. The summed E-state index contributed by atoms with van der Waals surface area (Å²) in [6.07, 6.45) is 8.33. The first kappa shape index (κ1) is 11.7. The molecule has 0 spiro atoms. The molecule has 1 aromatic rings. The van der Waals surface area contributed by atoms with Crippen molar-refractivity contribution in [2.45, 2.75) is 56.5 Å². The lowest BCUT2D eigenvalue weighted by Gasteiger charge is -2.38. The van der Waals surface area contributed by atoms with E-state index >= 15 is 0 Å². The second-order valence-corrected chi connectivity index (χ2v) is 6.48. The minimum Gasteiger partial charge on any atom is -0.311 e. The number of hydrogen-bond donors (Lipinski definition) is 1. The zero-order chi connectivity index (χ0) is 11.7. The van der Waals surface area contributed by atoms with Crippen LogP contribution in [0.5, 0.6) is 0 Å². The van der Waals surface area contributed by atoms with Gasteiger partial charge in [-0.15, -0.1) is 0 Å². The van der Waals surface area contributed by atoms with Gasteiger partial charge in [-0.2, -0.15) is 0 Å². The van der Waals surface area contributed by atoms with E-state index < -0.39 is 0 Å². The summed E-state index contributed by atoms with van der Waals surface area (Å²) >= 11 is 3.49. The van der Waals surface area contributed by atoms with Crippen LogP contribution in [0.2, 0.25) is 0 Å². The molecule has 0 aromatic heterocycles. The van der Waals surface area contributed by atoms with Crippen molar-refractivity contribution in [1.29, 1.82) is 0 Å². The number of halogens is 1. The largest absolute Gasteiger partial charge is 0.311 e. The smallest absolute Gasteiger partial charge is 0.0175 e. The van der Waals surface area contributed by atoms with Crippen molar-refractivity contribution in [1.82, 2.24) is 5.32 Å². The summed E-state index contributed by atoms with van der Waals surface area (Å²) in [6, 6.07) is 10.5. The molecular formula is C15H20BrN. The van der Waals surface area contributed by atoms with Gasteiger partial charge >= 0.3 is 0 Å². The van der Waals surface area contributed by atoms with Crippen molar-refractivity contribution in [3.05, 3.63) is 34.3 Å². The van der Waals surface area contributed by atoms with Gasteiger partial charge in [0.15, 0.2) is 0 Å². The van der Waals surface area contributed by atoms with Crippen LogP contribution in [0.25, 0.3) is 0 Å². The summed E-state index contributed by atoms with van der Waals surface area (Å²) in [4.78, 5) is 0. The van der Waals surface area contributed by atoms with E-state index in [0.717, 1.165) is 18.0 Å². The average molecular weight is 294 g/mol. The predicted octanol–water partition coefficient (Wildman–Crippen LogP) is 4.23. The Labute approximate surface area is 112 Å². The summed E-state index contributed by atoms with van der Waals surface area (Å²) in [6.45, 7) is 0. The Hall–Kier alpha value is -0.340. The van der Waals surface area contributed by atoms with Crippen molar-refractivity contribution in [3.63, 3.8) is 0 Å². The van der Waals surface area contributed by atoms with E-state index in [-0.39, 0.29) is 0 Å². The normalized spacial score (nSPS) is 29.2. The van der Waals surface area contributed by atoms with Crippen LogP contribution in [-0.4, -0.2) is 12.1 Å². The minimum absolute atomic E-state index is 0.784. The molecule has 2 aliphatic rings. The van der Waals surface area contributed by atoms with Gasteiger partial charge in [0.05, 0.1) is 0 Å². The first-order valence-corrected chi connectivity index (χ1v) is 7.62. The van der Waals surface area contributed by atoms with Gasteiger partial charge in [0.1, 0.15) is 0 Å². The second-order valence-electron chi connectivity index (χ2n) is 5.56. The van der Waals surface area contributed by atoms with Crippen LogP contribution in [-0.2, 0) is 0 Å². The van der Waals surface area contributed by atoms with Gasteiger partial charge in [0, 0.05) is 16.6 Å². The fourth-order valence-electron chi connectivity index (χ4n) is 3.19. The summed E-state index contributed by atoms with van der Waals surface area (Å²) in [5.41, 5.74) is 1.51. The molecule has 17 heavy (non-hydrogen) atoms. The van der Waals surface area contributed by atoms with Crippen LogP contribution in [0, 0.1) is 0 Å². The molecule has 3 rings (SSSR count). The van der Waals surface area contributed by atoms with Gasteiger partial charge in [-0.25, -0.2) is 0 Å². The Kier molecular flexibility index (Phi) is 3.53. The third kappa shape index (κ3) is 2.74. The lowest BCUT2D eigenvalue weighted by Crippen LogP contribution is -2.44. The molecule has 0 aliphatic heterocycles. The molecule has 0 unspecified atom stereocenters. The number of benzene rings is 1. The summed E-state index contributed by atoms with van der Waals surface area (Å²) in [7, 11) is 0. The van der Waals surface area contributed by atoms with E-state index in [4.69, 9.17) is 0 Å². The standard InChI is InChI=1S/C15H20BrN/c16-13-7-5-11(6-8-13)12-9-15(10-12)17-14-3-1-2-4-14/h5-8,12,14-15,17H,1-4,9-10H2. The van der Waals surface area contributed by atoms with Crippen LogP contribution in [0.4, 0.5) is 0 Å². The third-order valence-electron chi connectivity index (χ3n) is 4.31. The van der Waals surface area contributed by atoms with Crippen LogP contribution >= 0.6 is 15.9 Å². The molecular weight excluding hydrogens is 274 g/mol. The van der Waals surface area contributed by atoms with E-state index in [1.54, 1.807) is 0 Å². The highest BCUT2D eigenvalue weighted by molar-refractivity contribution is 9.10. The Morgan fingerprint density at radius 2 is 1.59 bits per heavy atom. The Balaban J connectivity index is 1.49. The highest BCUT2D eigenvalue weighted by atomic mass is 79.9. The highest BCUT2D eigenvalue weighted by Gasteiger charge is 2.32. The van der Waals surface area contributed by atoms with E-state index in [1.165, 1.54) is 48.6 Å². The number of rotatable bonds is 3. The summed E-state index contributed by atoms with van der Waals surface area (Å²) < 4.78 is 1.18. The maximum Gasteiger partial charge on any atom is 0.0175 e. The SMILES string of the molecule is Brc1ccc(C2CC(NC3CCCC3)C2)cc1. The number of nitrogens with one attached hydrogen (secondary N) is 1. The molecule has 2 fully saturated rings. The summed E-state index contributed by atoms with van der Waals surface area (Å²) in [5, 5.41) is 3.82. The van der Waals surface area contributed by atoms with Gasteiger partial charge in [0.25, 0.3) is 0 Å². The van der Waals surface area contributed by atoms with Crippen molar-refractivity contribution in [3.8, 4) is 0 Å². The Bertz CT molecular complexity index is 361. The van der Waals surface area contributed by atoms with Crippen LogP contribution in [0.15, 0.2) is 28.7 Å². The monoisotopic (exact) mass is 293 g/mol. The third-order valence-corrected chi connectivity index (χ3v) is 4.83. The molecule has 1 N–H and O–H groups in total. The first-order chi connectivity index (χ1) is 8.31. The molecule has 0 atom stereocenters. The maximum absolute atomic E-state index is 3.82. The van der Waals surface area contributed by atoms with Crippen molar-refractivity contribution < 1.29 is 0 Å². The zero-order valence-electron chi connectivity index (χ0n) is 10.2. The molecule has 2 saturated carbocycles.